The summed E-state index contributed by atoms with van der Waals surface area (Å²) < 4.78 is 4.28. The average Bonchev–Trinajstić information content (AvgIpc) is 2.40. The lowest BCUT2D eigenvalue weighted by molar-refractivity contribution is -0.168. The molecule has 0 spiro atoms. The summed E-state index contributed by atoms with van der Waals surface area (Å²) in [6.45, 7) is 4.17. The Bertz CT molecular complexity index is 270. The molecule has 0 heterocycles. The van der Waals surface area contributed by atoms with Crippen molar-refractivity contribution < 1.29 is 39.9 Å². The quantitative estimate of drug-likeness (QED) is 0.295. The van der Waals surface area contributed by atoms with E-state index in [1.54, 1.807) is 4.90 Å². The molecule has 0 aromatic rings. The molecule has 9 heteroatoms. The summed E-state index contributed by atoms with van der Waals surface area (Å²) in [7, 11) is 0. The highest BCUT2D eigenvalue weighted by Crippen LogP contribution is 1.94. The van der Waals surface area contributed by atoms with Gasteiger partial charge in [0, 0.05) is 19.6 Å². The van der Waals surface area contributed by atoms with Crippen LogP contribution in [0.5, 0.6) is 0 Å². The van der Waals surface area contributed by atoms with Gasteiger partial charge in [0.05, 0.1) is 19.8 Å². The molecule has 0 saturated heterocycles. The van der Waals surface area contributed by atoms with E-state index >= 15 is 0 Å². The Labute approximate surface area is 123 Å². The Morgan fingerprint density at radius 1 is 1.00 bits per heavy atom. The molecule has 126 valence electrons. The van der Waals surface area contributed by atoms with E-state index in [1.807, 2.05) is 0 Å². The van der Waals surface area contributed by atoms with E-state index in [1.165, 1.54) is 13.8 Å². The average molecular weight is 311 g/mol. The minimum absolute atomic E-state index is 0.0694. The van der Waals surface area contributed by atoms with Crippen molar-refractivity contribution in [3.63, 3.8) is 0 Å². The van der Waals surface area contributed by atoms with Crippen LogP contribution in [-0.2, 0) is 14.3 Å². The summed E-state index contributed by atoms with van der Waals surface area (Å²) in [4.78, 5) is 22.4. The maximum Gasteiger partial charge on any atom is 0.344 e. The van der Waals surface area contributed by atoms with Crippen LogP contribution in [0.1, 0.15) is 13.8 Å². The number of carbonyl (C=O) groups excluding carboxylic acids is 1. The number of nitrogens with zero attached hydrogens (tertiary/aromatic N) is 1. The molecule has 0 amide bonds. The van der Waals surface area contributed by atoms with Crippen LogP contribution in [-0.4, -0.2) is 94.0 Å². The summed E-state index contributed by atoms with van der Waals surface area (Å²) in [5.41, 5.74) is 0. The van der Waals surface area contributed by atoms with Gasteiger partial charge in [-0.3, -0.25) is 4.90 Å². The van der Waals surface area contributed by atoms with Gasteiger partial charge in [-0.05, 0) is 13.8 Å². The molecule has 0 aromatic carbocycles. The smallest absolute Gasteiger partial charge is 0.344 e. The first-order valence-corrected chi connectivity index (χ1v) is 6.46. The van der Waals surface area contributed by atoms with Gasteiger partial charge in [0.2, 0.25) is 0 Å². The van der Waals surface area contributed by atoms with Crippen LogP contribution in [0.2, 0.25) is 0 Å². The number of ether oxygens (including phenoxy) is 1. The van der Waals surface area contributed by atoms with Gasteiger partial charge in [-0.1, -0.05) is 0 Å². The van der Waals surface area contributed by atoms with E-state index in [9.17, 15) is 9.59 Å². The maximum absolute atomic E-state index is 10.5. The summed E-state index contributed by atoms with van der Waals surface area (Å²) >= 11 is 0. The topological polar surface area (TPSA) is 148 Å². The maximum atomic E-state index is 10.5. The summed E-state index contributed by atoms with van der Waals surface area (Å²) in [6.07, 6.45) is -2.49. The van der Waals surface area contributed by atoms with Gasteiger partial charge in [-0.25, -0.2) is 9.59 Å². The predicted octanol–water partition coefficient (Wildman–Crippen LogP) is -2.35. The zero-order valence-corrected chi connectivity index (χ0v) is 12.3. The molecule has 2 unspecified atom stereocenters. The van der Waals surface area contributed by atoms with Gasteiger partial charge in [-0.15, -0.1) is 0 Å². The second-order valence-corrected chi connectivity index (χ2v) is 4.11. The number of hydrogen-bond donors (Lipinski definition) is 5. The molecule has 0 rings (SSSR count). The third-order valence-corrected chi connectivity index (χ3v) is 2.23. The third-order valence-electron chi connectivity index (χ3n) is 2.23. The fourth-order valence-corrected chi connectivity index (χ4v) is 1.08. The van der Waals surface area contributed by atoms with E-state index in [4.69, 9.17) is 25.5 Å². The summed E-state index contributed by atoms with van der Waals surface area (Å²) in [5.74, 6) is -2.17. The van der Waals surface area contributed by atoms with Crippen molar-refractivity contribution in [2.75, 3.05) is 39.5 Å². The number of aliphatic carboxylic acids is 1. The van der Waals surface area contributed by atoms with Crippen LogP contribution in [0.4, 0.5) is 0 Å². The van der Waals surface area contributed by atoms with Gasteiger partial charge in [-0.2, -0.15) is 0 Å². The molecule has 0 fully saturated rings. The number of aliphatic hydroxyl groups is 4. The lowest BCUT2D eigenvalue weighted by atomic mass is 10.4. The summed E-state index contributed by atoms with van der Waals surface area (Å²) in [6, 6.07) is 0. The largest absolute Gasteiger partial charge is 0.479 e. The highest BCUT2D eigenvalue weighted by Gasteiger charge is 2.19. The van der Waals surface area contributed by atoms with Gasteiger partial charge >= 0.3 is 11.9 Å². The minimum Gasteiger partial charge on any atom is -0.479 e. The highest BCUT2D eigenvalue weighted by atomic mass is 16.6. The monoisotopic (exact) mass is 311 g/mol. The van der Waals surface area contributed by atoms with E-state index in [0.29, 0.717) is 19.6 Å². The fraction of sp³-hybridized carbons (Fsp3) is 0.833. The number of aliphatic hydroxyl groups excluding tert-OH is 4. The first kappa shape index (κ1) is 22.0. The van der Waals surface area contributed by atoms with Crippen molar-refractivity contribution in [1.29, 1.82) is 0 Å². The van der Waals surface area contributed by atoms with E-state index in [0.717, 1.165) is 0 Å². The number of carboxylic acids is 1. The molecule has 21 heavy (non-hydrogen) atoms. The zero-order valence-electron chi connectivity index (χ0n) is 12.3. The number of carboxylic acid groups (broad SMARTS) is 1. The minimum atomic E-state index is -1.28. The number of rotatable bonds is 9. The second kappa shape index (κ2) is 13.7. The van der Waals surface area contributed by atoms with Crippen LogP contribution in [0.25, 0.3) is 0 Å². The second-order valence-electron chi connectivity index (χ2n) is 4.11. The predicted molar refractivity (Wildman–Crippen MR) is 72.6 cm³/mol. The molecule has 0 radical (unpaired) electrons. The molecule has 0 aliphatic carbocycles. The number of carbonyl (C=O) groups is 2. The molecule has 0 saturated carbocycles. The van der Waals surface area contributed by atoms with Crippen molar-refractivity contribution in [3.05, 3.63) is 0 Å². The first-order chi connectivity index (χ1) is 9.79. The molecule has 0 aliphatic heterocycles. The Balaban J connectivity index is 0. The van der Waals surface area contributed by atoms with Crippen LogP contribution < -0.4 is 0 Å². The molecule has 9 nitrogen and oxygen atoms in total. The van der Waals surface area contributed by atoms with E-state index in [-0.39, 0.29) is 19.8 Å². The normalized spacial score (nSPS) is 13.1. The first-order valence-electron chi connectivity index (χ1n) is 6.46. The molecule has 0 aliphatic rings. The Morgan fingerprint density at radius 3 is 1.62 bits per heavy atom. The molecule has 2 atom stereocenters. The van der Waals surface area contributed by atoms with Crippen molar-refractivity contribution in [1.82, 2.24) is 4.90 Å². The molecular weight excluding hydrogens is 286 g/mol. The number of esters is 1. The van der Waals surface area contributed by atoms with Gasteiger partial charge < -0.3 is 30.3 Å². The van der Waals surface area contributed by atoms with Crippen LogP contribution in [0.3, 0.4) is 0 Å². The Hall–Kier alpha value is -1.26. The lowest BCUT2D eigenvalue weighted by Crippen LogP contribution is -2.32. The standard InChI is InChI=1S/C6H15NO3.C6H10O5/c8-4-1-7(2-5-9)3-6-10;1-3(7)6(10)11-4(2)5(8)9/h8-10H,1-6H2;3-4,7H,1-2H3,(H,8,9). The van der Waals surface area contributed by atoms with Crippen LogP contribution >= 0.6 is 0 Å². The van der Waals surface area contributed by atoms with Crippen LogP contribution in [0, 0.1) is 0 Å². The zero-order chi connectivity index (χ0) is 16.8. The SMILES string of the molecule is CC(O)C(=O)OC(C)C(=O)O.OCCN(CCO)CCO. The molecular formula is C12H25NO8. The van der Waals surface area contributed by atoms with Gasteiger partial charge in [0.1, 0.15) is 6.10 Å². The molecule has 5 N–H and O–H groups in total. The molecule has 0 aromatic heterocycles. The fourth-order valence-electron chi connectivity index (χ4n) is 1.08. The number of hydrogen-bond acceptors (Lipinski definition) is 8. The third kappa shape index (κ3) is 13.5. The Kier molecular flexibility index (Phi) is 14.4. The van der Waals surface area contributed by atoms with Crippen molar-refractivity contribution in [3.8, 4) is 0 Å². The van der Waals surface area contributed by atoms with E-state index in [2.05, 4.69) is 4.74 Å². The highest BCUT2D eigenvalue weighted by molar-refractivity contribution is 5.79. The molecule has 0 bridgehead atoms. The van der Waals surface area contributed by atoms with Gasteiger partial charge in [0.25, 0.3) is 0 Å². The van der Waals surface area contributed by atoms with Crippen molar-refractivity contribution in [2.24, 2.45) is 0 Å². The lowest BCUT2D eigenvalue weighted by Gasteiger charge is -2.17. The summed E-state index contributed by atoms with van der Waals surface area (Å²) in [5, 5.41) is 42.3. The Morgan fingerprint density at radius 2 is 1.38 bits per heavy atom. The van der Waals surface area contributed by atoms with Crippen LogP contribution in [0.15, 0.2) is 0 Å². The van der Waals surface area contributed by atoms with Crippen molar-refractivity contribution >= 4 is 11.9 Å². The van der Waals surface area contributed by atoms with Gasteiger partial charge in [0.15, 0.2) is 6.10 Å². The van der Waals surface area contributed by atoms with E-state index < -0.39 is 24.1 Å². The van der Waals surface area contributed by atoms with Crippen molar-refractivity contribution in [2.45, 2.75) is 26.1 Å².